The van der Waals surface area contributed by atoms with E-state index in [2.05, 4.69) is 5.32 Å². The van der Waals surface area contributed by atoms with E-state index < -0.39 is 17.9 Å². The smallest absolute Gasteiger partial charge is 0.336 e. The first kappa shape index (κ1) is 19.7. The molecule has 1 N–H and O–H groups in total. The molecule has 2 aromatic carbocycles. The van der Waals surface area contributed by atoms with Crippen LogP contribution in [0.4, 0.5) is 0 Å². The first-order valence-electron chi connectivity index (χ1n) is 9.50. The topological polar surface area (TPSA) is 64.6 Å². The lowest BCUT2D eigenvalue weighted by molar-refractivity contribution is -0.139. The first-order valence-corrected chi connectivity index (χ1v) is 9.50. The summed E-state index contributed by atoms with van der Waals surface area (Å²) in [5.74, 6) is -1.43. The maximum absolute atomic E-state index is 12.9. The van der Waals surface area contributed by atoms with Gasteiger partial charge in [0.25, 0.3) is 0 Å². The second-order valence-electron chi connectivity index (χ2n) is 6.64. The van der Waals surface area contributed by atoms with Gasteiger partial charge in [0.1, 0.15) is 0 Å². The summed E-state index contributed by atoms with van der Waals surface area (Å²) in [6, 6.07) is 13.8. The van der Waals surface area contributed by atoms with E-state index in [0.29, 0.717) is 22.5 Å². The van der Waals surface area contributed by atoms with Gasteiger partial charge in [-0.05, 0) is 44.0 Å². The zero-order valence-electron chi connectivity index (χ0n) is 16.7. The molecule has 0 saturated heterocycles. The second kappa shape index (κ2) is 8.30. The molecule has 0 unspecified atom stereocenters. The molecule has 0 bridgehead atoms. The molecule has 146 valence electrons. The second-order valence-corrected chi connectivity index (χ2v) is 6.64. The number of carbonyl (C=O) groups excluding carboxylic acids is 2. The molecule has 0 radical (unpaired) electrons. The molecule has 2 aromatic rings. The summed E-state index contributed by atoms with van der Waals surface area (Å²) in [7, 11) is 0. The highest BCUT2D eigenvalue weighted by molar-refractivity contribution is 6.02. The molecule has 0 atom stereocenters. The van der Waals surface area contributed by atoms with Gasteiger partial charge in [-0.15, -0.1) is 0 Å². The van der Waals surface area contributed by atoms with E-state index in [0.717, 1.165) is 16.3 Å². The molecule has 5 nitrogen and oxygen atoms in total. The standard InChI is InChI=1S/C23H25NO4/c1-5-27-22(25)19-14(3)24-15(4)20(23(26)28-6-2)21(19)18-13-9-11-16-10-7-8-12-17(16)18/h7-13,21,24H,5-6H2,1-4H3. The summed E-state index contributed by atoms with van der Waals surface area (Å²) in [5.41, 5.74) is 3.12. The molecule has 0 spiro atoms. The minimum Gasteiger partial charge on any atom is -0.463 e. The Morgan fingerprint density at radius 3 is 1.96 bits per heavy atom. The SMILES string of the molecule is CCOC(=O)C1=C(C)NC(C)=C(C(=O)OCC)C1c1cccc2ccccc12. The van der Waals surface area contributed by atoms with E-state index in [1.165, 1.54) is 0 Å². The lowest BCUT2D eigenvalue weighted by Gasteiger charge is -2.31. The molecule has 0 aromatic heterocycles. The van der Waals surface area contributed by atoms with E-state index in [-0.39, 0.29) is 13.2 Å². The predicted molar refractivity (Wildman–Crippen MR) is 108 cm³/mol. The van der Waals surface area contributed by atoms with Gasteiger partial charge in [0.15, 0.2) is 0 Å². The van der Waals surface area contributed by atoms with E-state index >= 15 is 0 Å². The van der Waals surface area contributed by atoms with E-state index in [9.17, 15) is 9.59 Å². The number of hydrogen-bond donors (Lipinski definition) is 1. The van der Waals surface area contributed by atoms with Gasteiger partial charge in [-0.1, -0.05) is 42.5 Å². The van der Waals surface area contributed by atoms with Crippen molar-refractivity contribution >= 4 is 22.7 Å². The summed E-state index contributed by atoms with van der Waals surface area (Å²) in [5, 5.41) is 5.19. The Balaban J connectivity index is 2.28. The Morgan fingerprint density at radius 2 is 1.39 bits per heavy atom. The van der Waals surface area contributed by atoms with Gasteiger partial charge in [0.2, 0.25) is 0 Å². The average Bonchev–Trinajstić information content (AvgIpc) is 2.67. The number of rotatable bonds is 5. The number of dihydropyridines is 1. The summed E-state index contributed by atoms with van der Waals surface area (Å²) in [6.45, 7) is 7.71. The zero-order chi connectivity index (χ0) is 20.3. The van der Waals surface area contributed by atoms with Crippen molar-refractivity contribution in [3.05, 3.63) is 70.6 Å². The molecule has 1 aliphatic heterocycles. The molecule has 0 fully saturated rings. The highest BCUT2D eigenvalue weighted by Crippen LogP contribution is 2.41. The number of ether oxygens (including phenoxy) is 2. The normalized spacial score (nSPS) is 14.9. The third-order valence-electron chi connectivity index (χ3n) is 4.89. The minimum atomic E-state index is -0.564. The Bertz CT molecular complexity index is 942. The van der Waals surface area contributed by atoms with Crippen LogP contribution in [0.15, 0.2) is 65.0 Å². The fraction of sp³-hybridized carbons (Fsp3) is 0.304. The van der Waals surface area contributed by atoms with Crippen LogP contribution in [0.25, 0.3) is 10.8 Å². The largest absolute Gasteiger partial charge is 0.463 e. The average molecular weight is 379 g/mol. The van der Waals surface area contributed by atoms with Gasteiger partial charge in [0, 0.05) is 11.4 Å². The van der Waals surface area contributed by atoms with Crippen LogP contribution in [0, 0.1) is 0 Å². The van der Waals surface area contributed by atoms with Crippen LogP contribution in [0.5, 0.6) is 0 Å². The molecule has 5 heteroatoms. The molecule has 1 heterocycles. The van der Waals surface area contributed by atoms with Crippen molar-refractivity contribution < 1.29 is 19.1 Å². The number of esters is 2. The fourth-order valence-corrected chi connectivity index (χ4v) is 3.77. The summed E-state index contributed by atoms with van der Waals surface area (Å²) >= 11 is 0. The molecule has 0 amide bonds. The highest BCUT2D eigenvalue weighted by Gasteiger charge is 2.38. The van der Waals surface area contributed by atoms with Crippen molar-refractivity contribution in [3.8, 4) is 0 Å². The summed E-state index contributed by atoms with van der Waals surface area (Å²) in [4.78, 5) is 25.7. The lowest BCUT2D eigenvalue weighted by atomic mass is 9.78. The monoisotopic (exact) mass is 379 g/mol. The number of nitrogens with one attached hydrogen (secondary N) is 1. The molecular weight excluding hydrogens is 354 g/mol. The quantitative estimate of drug-likeness (QED) is 0.789. The van der Waals surface area contributed by atoms with Crippen LogP contribution in [0.2, 0.25) is 0 Å². The van der Waals surface area contributed by atoms with Crippen molar-refractivity contribution in [3.63, 3.8) is 0 Å². The van der Waals surface area contributed by atoms with Crippen LogP contribution in [-0.4, -0.2) is 25.2 Å². The highest BCUT2D eigenvalue weighted by atomic mass is 16.5. The molecule has 28 heavy (non-hydrogen) atoms. The Hall–Kier alpha value is -3.08. The molecule has 0 aliphatic carbocycles. The zero-order valence-corrected chi connectivity index (χ0v) is 16.7. The summed E-state index contributed by atoms with van der Waals surface area (Å²) in [6.07, 6.45) is 0. The van der Waals surface area contributed by atoms with Gasteiger partial charge in [-0.2, -0.15) is 0 Å². The third kappa shape index (κ3) is 3.52. The van der Waals surface area contributed by atoms with Crippen molar-refractivity contribution in [2.45, 2.75) is 33.6 Å². The molecule has 3 rings (SSSR count). The van der Waals surface area contributed by atoms with E-state index in [1.54, 1.807) is 13.8 Å². The molecule has 1 aliphatic rings. The van der Waals surface area contributed by atoms with Gasteiger partial charge in [-0.25, -0.2) is 9.59 Å². The van der Waals surface area contributed by atoms with Crippen LogP contribution < -0.4 is 5.32 Å². The van der Waals surface area contributed by atoms with Crippen LogP contribution in [-0.2, 0) is 19.1 Å². The van der Waals surface area contributed by atoms with Crippen molar-refractivity contribution in [2.75, 3.05) is 13.2 Å². The van der Waals surface area contributed by atoms with Crippen LogP contribution >= 0.6 is 0 Å². The van der Waals surface area contributed by atoms with Crippen molar-refractivity contribution in [1.82, 2.24) is 5.32 Å². The van der Waals surface area contributed by atoms with Gasteiger partial charge in [0.05, 0.1) is 30.3 Å². The van der Waals surface area contributed by atoms with E-state index in [4.69, 9.17) is 9.47 Å². The minimum absolute atomic E-state index is 0.259. The maximum Gasteiger partial charge on any atom is 0.336 e. The van der Waals surface area contributed by atoms with Crippen molar-refractivity contribution in [1.29, 1.82) is 0 Å². The maximum atomic E-state index is 12.9. The van der Waals surface area contributed by atoms with Gasteiger partial charge < -0.3 is 14.8 Å². The van der Waals surface area contributed by atoms with E-state index in [1.807, 2.05) is 56.3 Å². The fourth-order valence-electron chi connectivity index (χ4n) is 3.77. The number of benzene rings is 2. The predicted octanol–water partition coefficient (Wildman–Crippen LogP) is 4.20. The Labute approximate surface area is 165 Å². The summed E-state index contributed by atoms with van der Waals surface area (Å²) < 4.78 is 10.7. The molecular formula is C23H25NO4. The van der Waals surface area contributed by atoms with Crippen LogP contribution in [0.1, 0.15) is 39.2 Å². The van der Waals surface area contributed by atoms with Gasteiger partial charge >= 0.3 is 11.9 Å². The van der Waals surface area contributed by atoms with Crippen molar-refractivity contribution in [2.24, 2.45) is 0 Å². The number of allylic oxidation sites excluding steroid dienone is 2. The number of fused-ring (bicyclic) bond motifs is 1. The Morgan fingerprint density at radius 1 is 0.857 bits per heavy atom. The van der Waals surface area contributed by atoms with Crippen LogP contribution in [0.3, 0.4) is 0 Å². The third-order valence-corrected chi connectivity index (χ3v) is 4.89. The van der Waals surface area contributed by atoms with Gasteiger partial charge in [-0.3, -0.25) is 0 Å². The molecule has 0 saturated carbocycles. The number of hydrogen-bond acceptors (Lipinski definition) is 5. The first-order chi connectivity index (χ1) is 13.5. The number of carbonyl (C=O) groups is 2. The Kier molecular flexibility index (Phi) is 5.83. The lowest BCUT2D eigenvalue weighted by Crippen LogP contribution is -2.32.